The molecule has 1 aliphatic heterocycles. The third kappa shape index (κ3) is 7.65. The zero-order chi connectivity index (χ0) is 42.3. The average Bonchev–Trinajstić information content (AvgIpc) is 4.12. The standard InChI is InChI=1S/C54H47OPS4.Os/c1-8-19-39-32-55-33-40(39)29-45(36(5)56(41-21-13-10-14-22-41,42-23-15-11-16-24-42)43-25-17-12-18-26-43)48-31-47-52(50-28-35(4)38(7)58-50)53-46(30-44(59-53)20-9-2)51(54(47)60-48)49-27-34(3)37(6)57-49;/h9-31H,8,32-33H2,1-4,6-7H3;/q+1;/b20-9+,39-19?,40-29?,45-36?;. The zero-order valence-electron chi connectivity index (χ0n) is 35.2. The Bertz CT molecular complexity index is 2850. The van der Waals surface area contributed by atoms with Gasteiger partial charge in [-0.15, -0.1) is 0 Å². The van der Waals surface area contributed by atoms with Crippen molar-refractivity contribution < 1.29 is 22.7 Å². The first-order chi connectivity index (χ1) is 29.8. The van der Waals surface area contributed by atoms with Crippen LogP contribution in [0.25, 0.3) is 52.7 Å². The van der Waals surface area contributed by atoms with Crippen LogP contribution in [-0.2, 0) is 22.7 Å². The Balaban J connectivity index is 1.49. The molecule has 0 atom stereocenters. The van der Waals surface area contributed by atoms with E-state index in [1.54, 1.807) is 0 Å². The van der Waals surface area contributed by atoms with E-state index in [-0.39, 0.29) is 0 Å². The molecular formula is C54H47OOsPS4+. The quantitative estimate of drug-likeness (QED) is 0.124. The molecule has 1 saturated heterocycles. The summed E-state index contributed by atoms with van der Waals surface area (Å²) in [5, 5.41) is 7.87. The summed E-state index contributed by atoms with van der Waals surface area (Å²) in [7, 11) is -2.54. The molecule has 5 heterocycles. The van der Waals surface area contributed by atoms with E-state index in [9.17, 15) is 0 Å². The first-order valence-corrected chi connectivity index (χ1v) is 27.0. The van der Waals surface area contributed by atoms with E-state index < -0.39 is 7.26 Å². The zero-order valence-corrected chi connectivity index (χ0v) is 41.9. The third-order valence-corrected chi connectivity index (χ3v) is 21.7. The third-order valence-electron chi connectivity index (χ3n) is 11.7. The Labute approximate surface area is 386 Å². The summed E-state index contributed by atoms with van der Waals surface area (Å²) in [6, 6.07) is 43.6. The minimum absolute atomic E-state index is 0.592. The Morgan fingerprint density at radius 2 is 1.18 bits per heavy atom. The van der Waals surface area contributed by atoms with Crippen LogP contribution in [0.3, 0.4) is 0 Å². The fourth-order valence-electron chi connectivity index (χ4n) is 8.58. The molecule has 1 nitrogen and oxygen atoms in total. The number of rotatable bonds is 10. The minimum atomic E-state index is -2.54. The van der Waals surface area contributed by atoms with Crippen LogP contribution in [0.4, 0.5) is 0 Å². The van der Waals surface area contributed by atoms with Gasteiger partial charge in [0.15, 0.2) is 0 Å². The van der Waals surface area contributed by atoms with Crippen molar-refractivity contribution in [3.8, 4) is 25.3 Å². The fourth-order valence-corrected chi connectivity index (χ4v) is 19.3. The number of benzene rings is 4. The van der Waals surface area contributed by atoms with E-state index in [1.807, 2.05) is 63.3 Å². The molecule has 305 valence electrons. The Hall–Kier alpha value is -4.03. The van der Waals surface area contributed by atoms with Gasteiger partial charge in [0.1, 0.15) is 0 Å². The normalized spacial score (nSPS) is 15.2. The van der Waals surface area contributed by atoms with Crippen molar-refractivity contribution in [1.29, 1.82) is 0 Å². The molecule has 0 spiro atoms. The molecule has 1 aliphatic rings. The van der Waals surface area contributed by atoms with Crippen molar-refractivity contribution in [2.75, 3.05) is 13.2 Å². The molecule has 4 aromatic heterocycles. The molecule has 7 heteroatoms. The summed E-state index contributed by atoms with van der Waals surface area (Å²) >= 11 is 9.60. The van der Waals surface area contributed by atoms with Gasteiger partial charge in [-0.3, -0.25) is 0 Å². The second-order valence-corrected chi connectivity index (χ2v) is 24.1. The number of thiophene rings is 4. The first-order valence-electron chi connectivity index (χ1n) is 20.7. The predicted octanol–water partition coefficient (Wildman–Crippen LogP) is 15.3. The first kappa shape index (κ1) is 42.3. The van der Waals surface area contributed by atoms with Crippen LogP contribution in [0, 0.1) is 32.1 Å². The topological polar surface area (TPSA) is 9.23 Å². The summed E-state index contributed by atoms with van der Waals surface area (Å²) in [5.74, 6) is 0. The molecule has 9 rings (SSSR count). The van der Waals surface area contributed by atoms with Crippen LogP contribution in [0.5, 0.6) is 0 Å². The van der Waals surface area contributed by atoms with Gasteiger partial charge < -0.3 is 0 Å². The van der Waals surface area contributed by atoms with Gasteiger partial charge >= 0.3 is 383 Å². The molecule has 61 heavy (non-hydrogen) atoms. The van der Waals surface area contributed by atoms with E-state index in [2.05, 4.69) is 185 Å². The van der Waals surface area contributed by atoms with Crippen molar-refractivity contribution in [2.24, 2.45) is 0 Å². The van der Waals surface area contributed by atoms with E-state index in [4.69, 9.17) is 4.74 Å². The monoisotopic (exact) mass is 1060 g/mol. The summed E-state index contributed by atoms with van der Waals surface area (Å²) in [6.45, 7) is 14.6. The van der Waals surface area contributed by atoms with Gasteiger partial charge in [0.2, 0.25) is 0 Å². The van der Waals surface area contributed by atoms with Crippen LogP contribution in [0.2, 0.25) is 0 Å². The van der Waals surface area contributed by atoms with Crippen molar-refractivity contribution >= 4 is 100 Å². The maximum absolute atomic E-state index is 6.26. The predicted molar refractivity (Wildman–Crippen MR) is 271 cm³/mol. The SMILES string of the molecule is C/C=C/c1cc2c(-c3cc(C)c(C)s3)c3sc(C(C=C4COCC4=CCC)=C([C]#[Os])[P+](c4ccccc4)(c4ccccc4)c4ccccc4)cc3c(-c3cc(C)c(C)s3)c2s1. The van der Waals surface area contributed by atoms with Crippen LogP contribution in [0.15, 0.2) is 150 Å². The molecule has 0 radical (unpaired) electrons. The number of hydrogen-bond donors (Lipinski definition) is 0. The van der Waals surface area contributed by atoms with Crippen molar-refractivity contribution in [1.82, 2.24) is 0 Å². The molecular weight excluding hydrogens is 1010 g/mol. The fraction of sp³-hybridized carbons (Fsp3) is 0.167. The molecule has 0 unspecified atom stereocenters. The van der Waals surface area contributed by atoms with Crippen molar-refractivity contribution in [3.63, 3.8) is 0 Å². The van der Waals surface area contributed by atoms with Gasteiger partial charge in [-0.1, -0.05) is 0 Å². The van der Waals surface area contributed by atoms with Crippen LogP contribution >= 0.6 is 52.6 Å². The van der Waals surface area contributed by atoms with E-state index in [0.29, 0.717) is 13.2 Å². The summed E-state index contributed by atoms with van der Waals surface area (Å²) in [5.41, 5.74) is 9.18. The number of allylic oxidation sites excluding steroid dienone is 5. The Kier molecular flexibility index (Phi) is 12.5. The van der Waals surface area contributed by atoms with Gasteiger partial charge in [-0.2, -0.15) is 0 Å². The van der Waals surface area contributed by atoms with Crippen LogP contribution in [-0.4, -0.2) is 13.2 Å². The molecule has 0 amide bonds. The van der Waals surface area contributed by atoms with Gasteiger partial charge in [-0.25, -0.2) is 0 Å². The van der Waals surface area contributed by atoms with E-state index in [1.165, 1.54) is 110 Å². The second kappa shape index (κ2) is 18.0. The molecule has 0 saturated carbocycles. The van der Waals surface area contributed by atoms with Crippen LogP contribution in [0.1, 0.15) is 50.9 Å². The second-order valence-electron chi connectivity index (χ2n) is 15.5. The van der Waals surface area contributed by atoms with Gasteiger partial charge in [0.25, 0.3) is 0 Å². The molecule has 1 fully saturated rings. The van der Waals surface area contributed by atoms with Gasteiger partial charge in [0.05, 0.1) is 0 Å². The number of ether oxygens (including phenoxy) is 1. The van der Waals surface area contributed by atoms with E-state index in [0.717, 1.165) is 6.42 Å². The summed E-state index contributed by atoms with van der Waals surface area (Å²) in [4.78, 5) is 7.96. The van der Waals surface area contributed by atoms with Gasteiger partial charge in [-0.05, 0) is 6.92 Å². The molecule has 0 bridgehead atoms. The Morgan fingerprint density at radius 3 is 1.66 bits per heavy atom. The van der Waals surface area contributed by atoms with Crippen molar-refractivity contribution in [2.45, 2.75) is 48.0 Å². The molecule has 4 aromatic carbocycles. The number of aryl methyl sites for hydroxylation is 4. The van der Waals surface area contributed by atoms with E-state index >= 15 is 0 Å². The number of hydrogen-bond acceptors (Lipinski definition) is 5. The van der Waals surface area contributed by atoms with Gasteiger partial charge in [0, 0.05) is 0 Å². The average molecular weight is 1060 g/mol. The summed E-state index contributed by atoms with van der Waals surface area (Å²) < 4.78 is 13.0. The molecule has 8 aromatic rings. The maximum atomic E-state index is 6.26. The van der Waals surface area contributed by atoms with Crippen LogP contribution < -0.4 is 15.9 Å². The molecule has 0 N–H and O–H groups in total. The van der Waals surface area contributed by atoms with Crippen molar-refractivity contribution in [3.05, 3.63) is 181 Å². The Morgan fingerprint density at radius 1 is 0.672 bits per heavy atom. The molecule has 0 aliphatic carbocycles. The number of fused-ring (bicyclic) bond motifs is 2. The summed E-state index contributed by atoms with van der Waals surface area (Å²) in [6.07, 6.45) is 10.2.